The summed E-state index contributed by atoms with van der Waals surface area (Å²) in [5.74, 6) is 0.446. The summed E-state index contributed by atoms with van der Waals surface area (Å²) in [6.07, 6.45) is 1.91. The summed E-state index contributed by atoms with van der Waals surface area (Å²) in [6, 6.07) is 4.00. The van der Waals surface area contributed by atoms with Gasteiger partial charge in [0.2, 0.25) is 0 Å². The standard InChI is InChI=1S/C9H16N2/c1-7(2)9(3,10)8-5-4-6-11-8/h4-7,11H,10H2,1-3H3/t9-/m1/s1. The van der Waals surface area contributed by atoms with Gasteiger partial charge in [0.05, 0.1) is 5.54 Å². The van der Waals surface area contributed by atoms with Crippen molar-refractivity contribution in [3.63, 3.8) is 0 Å². The maximum Gasteiger partial charge on any atom is 0.0556 e. The summed E-state index contributed by atoms with van der Waals surface area (Å²) in [5, 5.41) is 0. The molecule has 0 amide bonds. The smallest absolute Gasteiger partial charge is 0.0556 e. The molecule has 0 aliphatic rings. The van der Waals surface area contributed by atoms with E-state index < -0.39 is 0 Å². The molecule has 2 heteroatoms. The third-order valence-corrected chi connectivity index (χ3v) is 2.38. The van der Waals surface area contributed by atoms with E-state index in [-0.39, 0.29) is 5.54 Å². The molecule has 1 heterocycles. The van der Waals surface area contributed by atoms with E-state index in [2.05, 4.69) is 18.8 Å². The molecule has 1 atom stereocenters. The highest BCUT2D eigenvalue weighted by molar-refractivity contribution is 5.15. The van der Waals surface area contributed by atoms with E-state index in [9.17, 15) is 0 Å². The Labute approximate surface area is 67.8 Å². The first-order chi connectivity index (χ1) is 5.05. The molecular weight excluding hydrogens is 136 g/mol. The molecule has 1 aromatic heterocycles. The number of nitrogens with one attached hydrogen (secondary N) is 1. The molecule has 0 spiro atoms. The van der Waals surface area contributed by atoms with E-state index in [0.717, 1.165) is 5.69 Å². The van der Waals surface area contributed by atoms with E-state index in [1.165, 1.54) is 0 Å². The molecular formula is C9H16N2. The van der Waals surface area contributed by atoms with Gasteiger partial charge in [-0.3, -0.25) is 0 Å². The van der Waals surface area contributed by atoms with Gasteiger partial charge in [-0.2, -0.15) is 0 Å². The fraction of sp³-hybridized carbons (Fsp3) is 0.556. The summed E-state index contributed by atoms with van der Waals surface area (Å²) < 4.78 is 0. The number of H-pyrrole nitrogens is 1. The monoisotopic (exact) mass is 152 g/mol. The fourth-order valence-electron chi connectivity index (χ4n) is 0.976. The number of hydrogen-bond acceptors (Lipinski definition) is 1. The summed E-state index contributed by atoms with van der Waals surface area (Å²) >= 11 is 0. The molecule has 0 bridgehead atoms. The predicted octanol–water partition coefficient (Wildman–Crippen LogP) is 1.84. The van der Waals surface area contributed by atoms with Gasteiger partial charge in [-0.1, -0.05) is 13.8 Å². The minimum absolute atomic E-state index is 0.233. The van der Waals surface area contributed by atoms with Crippen LogP contribution in [0.25, 0.3) is 0 Å². The average Bonchev–Trinajstić information content (AvgIpc) is 2.37. The van der Waals surface area contributed by atoms with Crippen LogP contribution in [0.4, 0.5) is 0 Å². The first-order valence-electron chi connectivity index (χ1n) is 3.98. The van der Waals surface area contributed by atoms with Crippen molar-refractivity contribution in [2.45, 2.75) is 26.3 Å². The molecule has 2 nitrogen and oxygen atoms in total. The minimum atomic E-state index is -0.233. The lowest BCUT2D eigenvalue weighted by Gasteiger charge is -2.27. The van der Waals surface area contributed by atoms with Gasteiger partial charge < -0.3 is 10.7 Å². The van der Waals surface area contributed by atoms with Crippen LogP contribution in [-0.4, -0.2) is 4.98 Å². The Balaban J connectivity index is 2.90. The Hall–Kier alpha value is -0.760. The van der Waals surface area contributed by atoms with Crippen molar-refractivity contribution in [3.05, 3.63) is 24.0 Å². The van der Waals surface area contributed by atoms with Crippen LogP contribution in [-0.2, 0) is 5.54 Å². The van der Waals surface area contributed by atoms with Gasteiger partial charge in [0, 0.05) is 11.9 Å². The van der Waals surface area contributed by atoms with Crippen LogP contribution in [0.2, 0.25) is 0 Å². The van der Waals surface area contributed by atoms with E-state index >= 15 is 0 Å². The summed E-state index contributed by atoms with van der Waals surface area (Å²) in [4.78, 5) is 3.13. The minimum Gasteiger partial charge on any atom is -0.363 e. The molecule has 0 aromatic carbocycles. The highest BCUT2D eigenvalue weighted by atomic mass is 14.8. The van der Waals surface area contributed by atoms with Crippen LogP contribution >= 0.6 is 0 Å². The zero-order chi connectivity index (χ0) is 8.48. The van der Waals surface area contributed by atoms with Crippen molar-refractivity contribution in [1.29, 1.82) is 0 Å². The topological polar surface area (TPSA) is 41.8 Å². The predicted molar refractivity (Wildman–Crippen MR) is 47.2 cm³/mol. The fourth-order valence-corrected chi connectivity index (χ4v) is 0.976. The molecule has 1 rings (SSSR count). The van der Waals surface area contributed by atoms with Crippen molar-refractivity contribution in [2.24, 2.45) is 11.7 Å². The first kappa shape index (κ1) is 8.34. The summed E-state index contributed by atoms with van der Waals surface area (Å²) in [7, 11) is 0. The molecule has 0 saturated heterocycles. The Morgan fingerprint density at radius 1 is 1.55 bits per heavy atom. The largest absolute Gasteiger partial charge is 0.363 e. The van der Waals surface area contributed by atoms with E-state index in [4.69, 9.17) is 5.73 Å². The van der Waals surface area contributed by atoms with Gasteiger partial charge in [0.1, 0.15) is 0 Å². The molecule has 0 fully saturated rings. The normalized spacial score (nSPS) is 16.8. The van der Waals surface area contributed by atoms with Crippen molar-refractivity contribution < 1.29 is 0 Å². The molecule has 11 heavy (non-hydrogen) atoms. The molecule has 0 radical (unpaired) electrons. The van der Waals surface area contributed by atoms with Crippen molar-refractivity contribution in [1.82, 2.24) is 4.98 Å². The Kier molecular flexibility index (Phi) is 2.05. The number of aromatic nitrogens is 1. The van der Waals surface area contributed by atoms with Crippen molar-refractivity contribution in [3.8, 4) is 0 Å². The van der Waals surface area contributed by atoms with Crippen LogP contribution in [0.15, 0.2) is 18.3 Å². The lowest BCUT2D eigenvalue weighted by atomic mass is 9.87. The van der Waals surface area contributed by atoms with Crippen molar-refractivity contribution >= 4 is 0 Å². The summed E-state index contributed by atoms with van der Waals surface area (Å²) in [6.45, 7) is 6.30. The number of rotatable bonds is 2. The highest BCUT2D eigenvalue weighted by Gasteiger charge is 2.25. The van der Waals surface area contributed by atoms with E-state index in [1.807, 2.05) is 25.3 Å². The third-order valence-electron chi connectivity index (χ3n) is 2.38. The van der Waals surface area contributed by atoms with Crippen LogP contribution in [0.5, 0.6) is 0 Å². The Bertz CT molecular complexity index is 209. The Morgan fingerprint density at radius 3 is 2.55 bits per heavy atom. The maximum absolute atomic E-state index is 6.09. The maximum atomic E-state index is 6.09. The second-order valence-corrected chi connectivity index (χ2v) is 3.52. The number of nitrogens with two attached hydrogens (primary N) is 1. The molecule has 0 unspecified atom stereocenters. The lowest BCUT2D eigenvalue weighted by molar-refractivity contribution is 0.342. The zero-order valence-electron chi connectivity index (χ0n) is 7.39. The van der Waals surface area contributed by atoms with Gasteiger partial charge in [-0.05, 0) is 25.0 Å². The van der Waals surface area contributed by atoms with E-state index in [0.29, 0.717) is 5.92 Å². The Morgan fingerprint density at radius 2 is 2.18 bits per heavy atom. The van der Waals surface area contributed by atoms with Crippen LogP contribution in [0.3, 0.4) is 0 Å². The molecule has 0 aliphatic carbocycles. The average molecular weight is 152 g/mol. The SMILES string of the molecule is CC(C)[C@@](C)(N)c1ccc[nH]1. The third kappa shape index (κ3) is 1.46. The molecule has 1 aromatic rings. The molecule has 0 saturated carbocycles. The van der Waals surface area contributed by atoms with Crippen LogP contribution in [0.1, 0.15) is 26.5 Å². The van der Waals surface area contributed by atoms with E-state index in [1.54, 1.807) is 0 Å². The summed E-state index contributed by atoms with van der Waals surface area (Å²) in [5.41, 5.74) is 6.97. The van der Waals surface area contributed by atoms with Crippen molar-refractivity contribution in [2.75, 3.05) is 0 Å². The number of hydrogen-bond donors (Lipinski definition) is 2. The van der Waals surface area contributed by atoms with Crippen LogP contribution in [0, 0.1) is 5.92 Å². The van der Waals surface area contributed by atoms with Gasteiger partial charge in [0.25, 0.3) is 0 Å². The van der Waals surface area contributed by atoms with Crippen LogP contribution < -0.4 is 5.73 Å². The zero-order valence-corrected chi connectivity index (χ0v) is 7.39. The molecule has 62 valence electrons. The first-order valence-corrected chi connectivity index (χ1v) is 3.98. The van der Waals surface area contributed by atoms with Gasteiger partial charge in [0.15, 0.2) is 0 Å². The van der Waals surface area contributed by atoms with Gasteiger partial charge in [-0.25, -0.2) is 0 Å². The second kappa shape index (κ2) is 2.70. The quantitative estimate of drug-likeness (QED) is 0.667. The van der Waals surface area contributed by atoms with Gasteiger partial charge >= 0.3 is 0 Å². The highest BCUT2D eigenvalue weighted by Crippen LogP contribution is 2.23. The lowest BCUT2D eigenvalue weighted by Crippen LogP contribution is -2.38. The molecule has 3 N–H and O–H groups in total. The molecule has 0 aliphatic heterocycles. The van der Waals surface area contributed by atoms with Gasteiger partial charge in [-0.15, -0.1) is 0 Å². The second-order valence-electron chi connectivity index (χ2n) is 3.52. The number of aromatic amines is 1.